The Bertz CT molecular complexity index is 645. The van der Waals surface area contributed by atoms with Gasteiger partial charge in [-0.05, 0) is 19.1 Å². The molecule has 0 atom stereocenters. The van der Waals surface area contributed by atoms with Gasteiger partial charge in [0.2, 0.25) is 0 Å². The van der Waals surface area contributed by atoms with Crippen LogP contribution in [0.25, 0.3) is 0 Å². The van der Waals surface area contributed by atoms with Gasteiger partial charge in [-0.25, -0.2) is 9.18 Å². The molecule has 2 aromatic rings. The second-order valence-corrected chi connectivity index (χ2v) is 4.17. The molecule has 1 heterocycles. The summed E-state index contributed by atoms with van der Waals surface area (Å²) in [4.78, 5) is 15.1. The van der Waals surface area contributed by atoms with Crippen LogP contribution >= 0.6 is 0 Å². The summed E-state index contributed by atoms with van der Waals surface area (Å²) < 4.78 is 45.1. The number of benzene rings is 1. The minimum Gasteiger partial charge on any atom is -0.331 e. The molecule has 0 saturated heterocycles. The summed E-state index contributed by atoms with van der Waals surface area (Å²) in [6.45, 7) is 0.528. The van der Waals surface area contributed by atoms with E-state index in [0.717, 1.165) is 12.1 Å². The lowest BCUT2D eigenvalue weighted by molar-refractivity contribution is -0.000391. The normalized spacial score (nSPS) is 11.2. The fraction of sp³-hybridized carbons (Fsp3) is 0.250. The number of amides is 2. The lowest BCUT2D eigenvalue weighted by Crippen LogP contribution is -2.37. The summed E-state index contributed by atoms with van der Waals surface area (Å²) >= 11 is 0. The number of nitrogens with one attached hydrogen (secondary N) is 2. The second-order valence-electron chi connectivity index (χ2n) is 4.17. The number of aromatic nitrogens is 2. The highest BCUT2D eigenvalue weighted by Gasteiger charge is 2.32. The van der Waals surface area contributed by atoms with E-state index in [9.17, 15) is 18.0 Å². The second kappa shape index (κ2) is 5.81. The van der Waals surface area contributed by atoms with Crippen LogP contribution in [-0.2, 0) is 5.92 Å². The van der Waals surface area contributed by atoms with Gasteiger partial charge in [-0.2, -0.15) is 13.8 Å². The van der Waals surface area contributed by atoms with Crippen molar-refractivity contribution < 1.29 is 22.5 Å². The number of anilines is 1. The molecule has 0 aliphatic carbocycles. The van der Waals surface area contributed by atoms with Gasteiger partial charge in [-0.1, -0.05) is 17.3 Å². The number of hydrogen-bond donors (Lipinski definition) is 2. The molecule has 0 fully saturated rings. The zero-order chi connectivity index (χ0) is 15.5. The number of carbonyl (C=O) groups excluding carboxylic acids is 1. The third-order valence-electron chi connectivity index (χ3n) is 2.47. The number of carbonyl (C=O) groups is 1. The van der Waals surface area contributed by atoms with Crippen molar-refractivity contribution in [1.82, 2.24) is 15.5 Å². The first-order chi connectivity index (χ1) is 9.87. The van der Waals surface area contributed by atoms with Crippen LogP contribution in [0.4, 0.5) is 24.0 Å². The van der Waals surface area contributed by atoms with Gasteiger partial charge in [0.05, 0.1) is 6.54 Å². The predicted octanol–water partition coefficient (Wildman–Crippen LogP) is 2.43. The molecular weight excluding hydrogens is 289 g/mol. The molecule has 2 amide bonds. The SMILES string of the molecule is Cc1noc(NC(=O)NCC(F)(F)c2cccc(F)c2)n1. The van der Waals surface area contributed by atoms with E-state index in [1.165, 1.54) is 13.0 Å². The van der Waals surface area contributed by atoms with Gasteiger partial charge in [-0.3, -0.25) is 5.32 Å². The van der Waals surface area contributed by atoms with E-state index < -0.39 is 29.9 Å². The molecule has 0 aliphatic rings. The third kappa shape index (κ3) is 3.94. The lowest BCUT2D eigenvalue weighted by atomic mass is 10.1. The van der Waals surface area contributed by atoms with E-state index in [1.54, 1.807) is 0 Å². The van der Waals surface area contributed by atoms with Gasteiger partial charge >= 0.3 is 12.0 Å². The molecule has 0 aliphatic heterocycles. The fourth-order valence-corrected chi connectivity index (χ4v) is 1.50. The van der Waals surface area contributed by atoms with E-state index in [0.29, 0.717) is 6.07 Å². The van der Waals surface area contributed by atoms with E-state index in [1.807, 2.05) is 5.32 Å². The number of nitrogens with zero attached hydrogens (tertiary/aromatic N) is 2. The summed E-state index contributed by atoms with van der Waals surface area (Å²) in [5, 5.41) is 7.47. The molecule has 1 aromatic heterocycles. The number of aryl methyl sites for hydroxylation is 1. The van der Waals surface area contributed by atoms with E-state index >= 15 is 0 Å². The van der Waals surface area contributed by atoms with Gasteiger partial charge in [0, 0.05) is 5.56 Å². The van der Waals surface area contributed by atoms with Crippen LogP contribution in [0.2, 0.25) is 0 Å². The molecule has 2 rings (SSSR count). The Balaban J connectivity index is 1.93. The molecule has 6 nitrogen and oxygen atoms in total. The van der Waals surface area contributed by atoms with Crippen molar-refractivity contribution in [2.75, 3.05) is 11.9 Å². The zero-order valence-corrected chi connectivity index (χ0v) is 10.9. The average Bonchev–Trinajstić information content (AvgIpc) is 2.82. The van der Waals surface area contributed by atoms with Crippen molar-refractivity contribution in [2.45, 2.75) is 12.8 Å². The van der Waals surface area contributed by atoms with Crippen molar-refractivity contribution in [3.8, 4) is 0 Å². The van der Waals surface area contributed by atoms with Crippen molar-refractivity contribution in [3.05, 3.63) is 41.5 Å². The first kappa shape index (κ1) is 14.8. The molecule has 0 radical (unpaired) electrons. The molecule has 0 saturated carbocycles. The molecule has 2 N–H and O–H groups in total. The van der Waals surface area contributed by atoms with Crippen LogP contribution < -0.4 is 10.6 Å². The predicted molar refractivity (Wildman–Crippen MR) is 66.4 cm³/mol. The van der Waals surface area contributed by atoms with Crippen LogP contribution in [0.1, 0.15) is 11.4 Å². The zero-order valence-electron chi connectivity index (χ0n) is 10.9. The molecule has 0 spiro atoms. The molecule has 0 unspecified atom stereocenters. The van der Waals surface area contributed by atoms with Crippen LogP contribution in [0.15, 0.2) is 28.8 Å². The quantitative estimate of drug-likeness (QED) is 0.908. The minimum absolute atomic E-state index is 0.209. The van der Waals surface area contributed by atoms with Crippen LogP contribution in [0.3, 0.4) is 0 Å². The Labute approximate surface area is 117 Å². The number of halogens is 3. The van der Waals surface area contributed by atoms with E-state index in [4.69, 9.17) is 0 Å². The average molecular weight is 300 g/mol. The summed E-state index contributed by atoms with van der Waals surface area (Å²) in [7, 11) is 0. The number of rotatable bonds is 4. The summed E-state index contributed by atoms with van der Waals surface area (Å²) in [5.74, 6) is -3.90. The molecule has 9 heteroatoms. The fourth-order valence-electron chi connectivity index (χ4n) is 1.50. The van der Waals surface area contributed by atoms with E-state index in [2.05, 4.69) is 20.0 Å². The van der Waals surface area contributed by atoms with E-state index in [-0.39, 0.29) is 11.8 Å². The first-order valence-electron chi connectivity index (χ1n) is 5.86. The van der Waals surface area contributed by atoms with Gasteiger partial charge in [-0.15, -0.1) is 0 Å². The van der Waals surface area contributed by atoms with Crippen LogP contribution in [0, 0.1) is 12.7 Å². The van der Waals surface area contributed by atoms with Crippen molar-refractivity contribution in [3.63, 3.8) is 0 Å². The summed E-state index contributed by atoms with van der Waals surface area (Å²) in [6.07, 6.45) is 0. The highest BCUT2D eigenvalue weighted by Crippen LogP contribution is 2.27. The molecule has 1 aromatic carbocycles. The molecule has 112 valence electrons. The Kier molecular flexibility index (Phi) is 4.10. The summed E-state index contributed by atoms with van der Waals surface area (Å²) in [5.41, 5.74) is -0.531. The maximum atomic E-state index is 13.8. The van der Waals surface area contributed by atoms with Crippen molar-refractivity contribution in [2.24, 2.45) is 0 Å². The molecule has 0 bridgehead atoms. The highest BCUT2D eigenvalue weighted by molar-refractivity contribution is 5.86. The Morgan fingerprint density at radius 2 is 2.19 bits per heavy atom. The van der Waals surface area contributed by atoms with Crippen molar-refractivity contribution >= 4 is 12.0 Å². The maximum Gasteiger partial charge on any atom is 0.329 e. The number of urea groups is 1. The first-order valence-corrected chi connectivity index (χ1v) is 5.86. The van der Waals surface area contributed by atoms with Gasteiger partial charge < -0.3 is 9.84 Å². The topological polar surface area (TPSA) is 80.0 Å². The smallest absolute Gasteiger partial charge is 0.329 e. The Morgan fingerprint density at radius 1 is 1.43 bits per heavy atom. The van der Waals surface area contributed by atoms with Gasteiger partial charge in [0.1, 0.15) is 5.82 Å². The monoisotopic (exact) mass is 300 g/mol. The summed E-state index contributed by atoms with van der Waals surface area (Å²) in [6, 6.07) is 2.86. The minimum atomic E-state index is -3.41. The molecule has 21 heavy (non-hydrogen) atoms. The van der Waals surface area contributed by atoms with Gasteiger partial charge in [0.25, 0.3) is 5.92 Å². The highest BCUT2D eigenvalue weighted by atomic mass is 19.3. The molecular formula is C12H11F3N4O2. The third-order valence-corrected chi connectivity index (χ3v) is 2.47. The number of alkyl halides is 2. The Hall–Kier alpha value is -2.58. The lowest BCUT2D eigenvalue weighted by Gasteiger charge is -2.17. The van der Waals surface area contributed by atoms with Gasteiger partial charge in [0.15, 0.2) is 5.82 Å². The van der Waals surface area contributed by atoms with Crippen LogP contribution in [0.5, 0.6) is 0 Å². The van der Waals surface area contributed by atoms with Crippen LogP contribution in [-0.4, -0.2) is 22.7 Å². The maximum absolute atomic E-state index is 13.8. The van der Waals surface area contributed by atoms with Crippen molar-refractivity contribution in [1.29, 1.82) is 0 Å². The Morgan fingerprint density at radius 3 is 2.81 bits per heavy atom. The number of hydrogen-bond acceptors (Lipinski definition) is 4. The largest absolute Gasteiger partial charge is 0.331 e. The standard InChI is InChI=1S/C12H11F3N4O2/c1-7-17-11(21-19-7)18-10(20)16-6-12(14,15)8-3-2-4-9(13)5-8/h2-5H,6H2,1H3,(H2,16,17,18,19,20).